The summed E-state index contributed by atoms with van der Waals surface area (Å²) < 4.78 is 5.73. The summed E-state index contributed by atoms with van der Waals surface area (Å²) in [5, 5.41) is 0. The Morgan fingerprint density at radius 1 is 1.00 bits per heavy atom. The minimum atomic E-state index is 0.0751. The van der Waals surface area contributed by atoms with E-state index in [4.69, 9.17) is 4.74 Å². The maximum absolute atomic E-state index is 11.2. The largest absolute Gasteiger partial charge is 0.489 e. The van der Waals surface area contributed by atoms with Crippen molar-refractivity contribution in [3.63, 3.8) is 0 Å². The fourth-order valence-corrected chi connectivity index (χ4v) is 1.96. The van der Waals surface area contributed by atoms with Crippen LogP contribution in [0.25, 0.3) is 0 Å². The van der Waals surface area contributed by atoms with Gasteiger partial charge in [-0.2, -0.15) is 0 Å². The number of hydrogen-bond acceptors (Lipinski definition) is 2. The van der Waals surface area contributed by atoms with E-state index in [0.29, 0.717) is 6.61 Å². The molecule has 0 saturated carbocycles. The highest BCUT2D eigenvalue weighted by Gasteiger charge is 2.08. The van der Waals surface area contributed by atoms with Gasteiger partial charge in [-0.1, -0.05) is 49.4 Å². The Bertz CT molecular complexity index is 543. The van der Waals surface area contributed by atoms with Crippen LogP contribution in [-0.4, -0.2) is 5.78 Å². The van der Waals surface area contributed by atoms with Crippen molar-refractivity contribution in [2.24, 2.45) is 5.92 Å². The molecule has 2 aromatic carbocycles. The zero-order valence-electron chi connectivity index (χ0n) is 12.0. The summed E-state index contributed by atoms with van der Waals surface area (Å²) in [4.78, 5) is 11.2. The lowest BCUT2D eigenvalue weighted by Crippen LogP contribution is -2.09. The molecule has 0 aliphatic heterocycles. The first-order valence-corrected chi connectivity index (χ1v) is 6.91. The molecule has 0 heterocycles. The summed E-state index contributed by atoms with van der Waals surface area (Å²) in [6.07, 6.45) is 0.786. The molecule has 2 rings (SSSR count). The molecule has 0 fully saturated rings. The number of hydrogen-bond donors (Lipinski definition) is 0. The van der Waals surface area contributed by atoms with E-state index in [1.807, 2.05) is 61.5 Å². The van der Waals surface area contributed by atoms with Crippen molar-refractivity contribution in [2.45, 2.75) is 26.9 Å². The first-order valence-electron chi connectivity index (χ1n) is 6.91. The summed E-state index contributed by atoms with van der Waals surface area (Å²) >= 11 is 0. The third-order valence-electron chi connectivity index (χ3n) is 3.41. The van der Waals surface area contributed by atoms with Crippen LogP contribution in [0.2, 0.25) is 0 Å². The van der Waals surface area contributed by atoms with Crippen molar-refractivity contribution in [1.29, 1.82) is 0 Å². The molecular formula is C18H20O2. The van der Waals surface area contributed by atoms with Gasteiger partial charge in [0.05, 0.1) is 0 Å². The molecule has 0 N–H and O–H groups in total. The molecule has 0 aromatic heterocycles. The first kappa shape index (κ1) is 14.3. The van der Waals surface area contributed by atoms with Crippen molar-refractivity contribution in [3.05, 3.63) is 65.7 Å². The van der Waals surface area contributed by atoms with E-state index < -0.39 is 0 Å². The summed E-state index contributed by atoms with van der Waals surface area (Å²) in [6.45, 7) is 4.17. The molecule has 20 heavy (non-hydrogen) atoms. The molecule has 0 saturated heterocycles. The highest BCUT2D eigenvalue weighted by molar-refractivity contribution is 5.78. The van der Waals surface area contributed by atoms with Gasteiger partial charge in [0.1, 0.15) is 18.1 Å². The van der Waals surface area contributed by atoms with E-state index >= 15 is 0 Å². The number of Topliss-reactive ketones (excluding diaryl/α,β-unsaturated/α-hetero) is 1. The molecule has 104 valence electrons. The van der Waals surface area contributed by atoms with Crippen LogP contribution in [-0.2, 0) is 17.8 Å². The normalized spacial score (nSPS) is 11.9. The maximum Gasteiger partial charge on any atom is 0.132 e. The van der Waals surface area contributed by atoms with Gasteiger partial charge in [-0.3, -0.25) is 4.79 Å². The van der Waals surface area contributed by atoms with Crippen LogP contribution >= 0.6 is 0 Å². The third-order valence-corrected chi connectivity index (χ3v) is 3.41. The maximum atomic E-state index is 11.2. The van der Waals surface area contributed by atoms with E-state index in [0.717, 1.165) is 17.7 Å². The van der Waals surface area contributed by atoms with Gasteiger partial charge < -0.3 is 4.74 Å². The molecular weight excluding hydrogens is 248 g/mol. The summed E-state index contributed by atoms with van der Waals surface area (Å²) in [5.41, 5.74) is 2.32. The second-order valence-electron chi connectivity index (χ2n) is 5.13. The van der Waals surface area contributed by atoms with E-state index in [-0.39, 0.29) is 11.7 Å². The quantitative estimate of drug-likeness (QED) is 0.790. The van der Waals surface area contributed by atoms with Crippen molar-refractivity contribution < 1.29 is 9.53 Å². The smallest absolute Gasteiger partial charge is 0.132 e. The molecule has 1 atom stereocenters. The van der Waals surface area contributed by atoms with Gasteiger partial charge in [0.15, 0.2) is 0 Å². The average Bonchev–Trinajstić information content (AvgIpc) is 2.47. The highest BCUT2D eigenvalue weighted by Crippen LogP contribution is 2.16. The van der Waals surface area contributed by atoms with Gasteiger partial charge in [-0.05, 0) is 36.6 Å². The van der Waals surface area contributed by atoms with E-state index in [2.05, 4.69) is 0 Å². The second-order valence-corrected chi connectivity index (χ2v) is 5.13. The Hall–Kier alpha value is -2.09. The van der Waals surface area contributed by atoms with Gasteiger partial charge in [0.25, 0.3) is 0 Å². The summed E-state index contributed by atoms with van der Waals surface area (Å²) in [7, 11) is 0. The lowest BCUT2D eigenvalue weighted by atomic mass is 9.98. The lowest BCUT2D eigenvalue weighted by molar-refractivity contribution is -0.120. The van der Waals surface area contributed by atoms with Gasteiger partial charge >= 0.3 is 0 Å². The molecule has 0 radical (unpaired) electrons. The first-order chi connectivity index (χ1) is 9.65. The number of ketones is 1. The van der Waals surface area contributed by atoms with Crippen molar-refractivity contribution in [2.75, 3.05) is 0 Å². The van der Waals surface area contributed by atoms with Gasteiger partial charge in [0, 0.05) is 5.92 Å². The molecule has 0 unspecified atom stereocenters. The van der Waals surface area contributed by atoms with Gasteiger partial charge in [0.2, 0.25) is 0 Å². The van der Waals surface area contributed by atoms with Crippen molar-refractivity contribution in [3.8, 4) is 5.75 Å². The fraction of sp³-hybridized carbons (Fsp3) is 0.278. The third kappa shape index (κ3) is 4.23. The van der Waals surface area contributed by atoms with Crippen LogP contribution in [0.15, 0.2) is 54.6 Å². The molecule has 0 aliphatic rings. The van der Waals surface area contributed by atoms with Gasteiger partial charge in [-0.25, -0.2) is 0 Å². The SMILES string of the molecule is CC(=O)[C@@H](C)Cc1ccc(OCc2ccccc2)cc1. The number of carbonyl (C=O) groups is 1. The minimum Gasteiger partial charge on any atom is -0.489 e. The van der Waals surface area contributed by atoms with Crippen LogP contribution in [0.1, 0.15) is 25.0 Å². The zero-order chi connectivity index (χ0) is 14.4. The molecule has 2 aromatic rings. The number of benzene rings is 2. The van der Waals surface area contributed by atoms with Crippen LogP contribution in [0.4, 0.5) is 0 Å². The topological polar surface area (TPSA) is 26.3 Å². The van der Waals surface area contributed by atoms with Crippen LogP contribution in [0, 0.1) is 5.92 Å². The summed E-state index contributed by atoms with van der Waals surface area (Å²) in [5.74, 6) is 1.16. The number of carbonyl (C=O) groups excluding carboxylic acids is 1. The molecule has 0 amide bonds. The van der Waals surface area contributed by atoms with E-state index in [1.54, 1.807) is 6.92 Å². The monoisotopic (exact) mass is 268 g/mol. The Labute approximate surface area is 120 Å². The van der Waals surface area contributed by atoms with E-state index in [1.165, 1.54) is 5.56 Å². The van der Waals surface area contributed by atoms with Crippen LogP contribution < -0.4 is 4.74 Å². The van der Waals surface area contributed by atoms with Crippen molar-refractivity contribution >= 4 is 5.78 Å². The van der Waals surface area contributed by atoms with Crippen molar-refractivity contribution in [1.82, 2.24) is 0 Å². The Balaban J connectivity index is 1.90. The minimum absolute atomic E-state index is 0.0751. The van der Waals surface area contributed by atoms with Crippen LogP contribution in [0.3, 0.4) is 0 Å². The highest BCUT2D eigenvalue weighted by atomic mass is 16.5. The fourth-order valence-electron chi connectivity index (χ4n) is 1.96. The van der Waals surface area contributed by atoms with E-state index in [9.17, 15) is 4.79 Å². The predicted molar refractivity (Wildman–Crippen MR) is 80.8 cm³/mol. The average molecular weight is 268 g/mol. The number of ether oxygens (including phenoxy) is 1. The molecule has 0 aliphatic carbocycles. The second kappa shape index (κ2) is 6.90. The summed E-state index contributed by atoms with van der Waals surface area (Å²) in [6, 6.07) is 18.1. The zero-order valence-corrected chi connectivity index (χ0v) is 12.0. The van der Waals surface area contributed by atoms with Gasteiger partial charge in [-0.15, -0.1) is 0 Å². The Morgan fingerprint density at radius 2 is 1.65 bits per heavy atom. The molecule has 2 heteroatoms. The predicted octanol–water partition coefficient (Wildman–Crippen LogP) is 4.03. The standard InChI is InChI=1S/C18H20O2/c1-14(15(2)19)12-16-8-10-18(11-9-16)20-13-17-6-4-3-5-7-17/h3-11,14H,12-13H2,1-2H3/t14-/m0/s1. The molecule has 0 bridgehead atoms. The van der Waals surface area contributed by atoms with Crippen LogP contribution in [0.5, 0.6) is 5.75 Å². The Kier molecular flexibility index (Phi) is 4.94. The molecule has 2 nitrogen and oxygen atoms in total. The molecule has 0 spiro atoms. The Morgan fingerprint density at radius 3 is 2.25 bits per heavy atom. The number of rotatable bonds is 6. The lowest BCUT2D eigenvalue weighted by Gasteiger charge is -2.09.